The van der Waals surface area contributed by atoms with Crippen LogP contribution in [0.4, 0.5) is 0 Å². The molecule has 2 fully saturated rings. The topological polar surface area (TPSA) is 58.9 Å². The zero-order valence-corrected chi connectivity index (χ0v) is 10.9. The van der Waals surface area contributed by atoms with Crippen LogP contribution in [0.15, 0.2) is 0 Å². The Morgan fingerprint density at radius 2 is 2.24 bits per heavy atom. The van der Waals surface area contributed by atoms with Crippen LogP contribution in [0.25, 0.3) is 0 Å². The molecule has 2 aliphatic rings. The molecule has 1 N–H and O–H groups in total. The van der Waals surface area contributed by atoms with Gasteiger partial charge >= 0.3 is 0 Å². The number of nitrogens with zero attached hydrogens (tertiary/aromatic N) is 5. The average molecular weight is 259 g/mol. The summed E-state index contributed by atoms with van der Waals surface area (Å²) in [6.45, 7) is 6.34. The van der Waals surface area contributed by atoms with E-state index in [1.165, 1.54) is 12.8 Å². The maximum Gasteiger partial charge on any atom is 0.165 e. The van der Waals surface area contributed by atoms with Crippen molar-refractivity contribution in [2.75, 3.05) is 19.6 Å². The maximum atomic E-state index is 4.15. The first kappa shape index (κ1) is 12.7. The van der Waals surface area contributed by atoms with Crippen LogP contribution >= 0.6 is 12.4 Å². The van der Waals surface area contributed by atoms with Crippen LogP contribution < -0.4 is 5.32 Å². The molecular weight excluding hydrogens is 240 g/mol. The predicted molar refractivity (Wildman–Crippen MR) is 66.1 cm³/mol. The van der Waals surface area contributed by atoms with Crippen molar-refractivity contribution in [3.63, 3.8) is 0 Å². The fourth-order valence-electron chi connectivity index (χ4n) is 2.22. The van der Waals surface area contributed by atoms with Crippen molar-refractivity contribution < 1.29 is 0 Å². The van der Waals surface area contributed by atoms with E-state index in [9.17, 15) is 0 Å². The van der Waals surface area contributed by atoms with E-state index in [-0.39, 0.29) is 12.4 Å². The average Bonchev–Trinajstić information content (AvgIpc) is 3.03. The van der Waals surface area contributed by atoms with Crippen LogP contribution in [-0.4, -0.2) is 50.8 Å². The van der Waals surface area contributed by atoms with Crippen LogP contribution in [0.5, 0.6) is 0 Å². The molecule has 1 aromatic rings. The molecule has 0 aromatic carbocycles. The highest BCUT2D eigenvalue weighted by atomic mass is 35.5. The molecule has 1 aliphatic heterocycles. The normalized spacial score (nSPS) is 25.6. The summed E-state index contributed by atoms with van der Waals surface area (Å²) in [5.74, 6) is 1.02. The lowest BCUT2D eigenvalue weighted by molar-refractivity contribution is 0.159. The number of nitrogens with one attached hydrogen (secondary N) is 1. The predicted octanol–water partition coefficient (Wildman–Crippen LogP) is 0.223. The van der Waals surface area contributed by atoms with E-state index < -0.39 is 0 Å². The summed E-state index contributed by atoms with van der Waals surface area (Å²) < 4.78 is 2.01. The minimum Gasteiger partial charge on any atom is -0.314 e. The third kappa shape index (κ3) is 2.75. The summed E-state index contributed by atoms with van der Waals surface area (Å²) in [5.41, 5.74) is 0. The van der Waals surface area contributed by atoms with Crippen LogP contribution in [-0.2, 0) is 6.54 Å². The molecule has 0 radical (unpaired) electrons. The number of piperazine rings is 1. The number of halogens is 1. The van der Waals surface area contributed by atoms with Gasteiger partial charge in [0, 0.05) is 25.7 Å². The van der Waals surface area contributed by atoms with E-state index in [2.05, 4.69) is 32.7 Å². The van der Waals surface area contributed by atoms with E-state index in [1.807, 2.05) is 4.68 Å². The summed E-state index contributed by atoms with van der Waals surface area (Å²) in [6, 6.07) is 1.14. The van der Waals surface area contributed by atoms with Gasteiger partial charge in [0.25, 0.3) is 0 Å². The van der Waals surface area contributed by atoms with E-state index in [1.54, 1.807) is 0 Å². The molecule has 6 nitrogen and oxygen atoms in total. The minimum atomic E-state index is 0. The van der Waals surface area contributed by atoms with Gasteiger partial charge in [0.2, 0.25) is 0 Å². The first-order valence-corrected chi connectivity index (χ1v) is 6.06. The molecule has 3 rings (SSSR count). The van der Waals surface area contributed by atoms with Gasteiger partial charge in [-0.1, -0.05) is 0 Å². The van der Waals surface area contributed by atoms with E-state index in [0.717, 1.165) is 32.0 Å². The summed E-state index contributed by atoms with van der Waals surface area (Å²) in [7, 11) is 0. The fraction of sp³-hybridized carbons (Fsp3) is 0.900. The maximum absolute atomic E-state index is 4.15. The van der Waals surface area contributed by atoms with Crippen molar-refractivity contribution in [1.82, 2.24) is 30.4 Å². The molecule has 7 heteroatoms. The van der Waals surface area contributed by atoms with E-state index in [0.29, 0.717) is 12.1 Å². The highest BCUT2D eigenvalue weighted by molar-refractivity contribution is 5.85. The molecule has 1 aromatic heterocycles. The molecule has 0 bridgehead atoms. The van der Waals surface area contributed by atoms with Gasteiger partial charge in [0.05, 0.1) is 12.6 Å². The van der Waals surface area contributed by atoms with Gasteiger partial charge in [-0.2, -0.15) is 0 Å². The van der Waals surface area contributed by atoms with E-state index in [4.69, 9.17) is 0 Å². The van der Waals surface area contributed by atoms with Gasteiger partial charge in [-0.15, -0.1) is 17.5 Å². The number of tetrazole rings is 1. The van der Waals surface area contributed by atoms with Crippen molar-refractivity contribution in [3.8, 4) is 0 Å². The molecule has 0 spiro atoms. The lowest BCUT2D eigenvalue weighted by atomic mass is 10.2. The van der Waals surface area contributed by atoms with Crippen molar-refractivity contribution >= 4 is 12.4 Å². The Labute approximate surface area is 107 Å². The summed E-state index contributed by atoms with van der Waals surface area (Å²) in [5, 5.41) is 15.4. The monoisotopic (exact) mass is 258 g/mol. The molecule has 17 heavy (non-hydrogen) atoms. The third-order valence-corrected chi connectivity index (χ3v) is 3.44. The summed E-state index contributed by atoms with van der Waals surface area (Å²) >= 11 is 0. The number of rotatable bonds is 3. The van der Waals surface area contributed by atoms with E-state index >= 15 is 0 Å². The lowest BCUT2D eigenvalue weighted by Gasteiger charge is -2.33. The highest BCUT2D eigenvalue weighted by Gasteiger charge is 2.29. The number of hydrogen-bond donors (Lipinski definition) is 1. The van der Waals surface area contributed by atoms with Gasteiger partial charge in [-0.25, -0.2) is 4.68 Å². The molecule has 1 atom stereocenters. The molecule has 1 saturated carbocycles. The quantitative estimate of drug-likeness (QED) is 0.841. The van der Waals surface area contributed by atoms with Gasteiger partial charge in [-0.05, 0) is 30.2 Å². The fourth-order valence-corrected chi connectivity index (χ4v) is 2.22. The molecular formula is C10H19ClN6. The van der Waals surface area contributed by atoms with Crippen LogP contribution in [0.3, 0.4) is 0 Å². The standard InChI is InChI=1S/C10H18N6.ClH/c1-8-6-11-4-5-15(8)7-10-12-13-14-16(10)9-2-3-9;/h8-9,11H,2-7H2,1H3;1H/t8-;/m1./s1. The summed E-state index contributed by atoms with van der Waals surface area (Å²) in [6.07, 6.45) is 2.46. The SMILES string of the molecule is C[C@@H]1CNCCN1Cc1nnnn1C1CC1.Cl. The molecule has 0 unspecified atom stereocenters. The van der Waals surface area contributed by atoms with Gasteiger partial charge < -0.3 is 5.32 Å². The van der Waals surface area contributed by atoms with Crippen molar-refractivity contribution in [2.45, 2.75) is 38.4 Å². The van der Waals surface area contributed by atoms with Crippen molar-refractivity contribution in [3.05, 3.63) is 5.82 Å². The minimum absolute atomic E-state index is 0. The van der Waals surface area contributed by atoms with Crippen LogP contribution in [0.2, 0.25) is 0 Å². The zero-order valence-electron chi connectivity index (χ0n) is 10.0. The number of aromatic nitrogens is 4. The molecule has 96 valence electrons. The largest absolute Gasteiger partial charge is 0.314 e. The second kappa shape index (κ2) is 5.29. The second-order valence-electron chi connectivity index (χ2n) is 4.79. The van der Waals surface area contributed by atoms with Crippen molar-refractivity contribution in [1.29, 1.82) is 0 Å². The smallest absolute Gasteiger partial charge is 0.165 e. The van der Waals surface area contributed by atoms with Crippen molar-refractivity contribution in [2.24, 2.45) is 0 Å². The van der Waals surface area contributed by atoms with Gasteiger partial charge in [0.15, 0.2) is 5.82 Å². The Bertz CT molecular complexity index is 363. The Hall–Kier alpha value is -0.720. The lowest BCUT2D eigenvalue weighted by Crippen LogP contribution is -2.49. The first-order valence-electron chi connectivity index (χ1n) is 6.06. The molecule has 0 amide bonds. The Balaban J connectivity index is 0.00000108. The Morgan fingerprint density at radius 3 is 2.94 bits per heavy atom. The molecule has 1 saturated heterocycles. The second-order valence-corrected chi connectivity index (χ2v) is 4.79. The Morgan fingerprint density at radius 1 is 1.41 bits per heavy atom. The Kier molecular flexibility index (Phi) is 3.96. The highest BCUT2D eigenvalue weighted by Crippen LogP contribution is 2.34. The van der Waals surface area contributed by atoms with Crippen LogP contribution in [0, 0.1) is 0 Å². The van der Waals surface area contributed by atoms with Gasteiger partial charge in [-0.3, -0.25) is 4.90 Å². The number of hydrogen-bond acceptors (Lipinski definition) is 5. The summed E-state index contributed by atoms with van der Waals surface area (Å²) in [4.78, 5) is 2.45. The zero-order chi connectivity index (χ0) is 11.0. The van der Waals surface area contributed by atoms with Gasteiger partial charge in [0.1, 0.15) is 0 Å². The molecule has 2 heterocycles. The third-order valence-electron chi connectivity index (χ3n) is 3.44. The molecule has 1 aliphatic carbocycles. The van der Waals surface area contributed by atoms with Crippen LogP contribution in [0.1, 0.15) is 31.6 Å². The first-order chi connectivity index (χ1) is 7.84.